The van der Waals surface area contributed by atoms with Gasteiger partial charge in [0, 0.05) is 33.2 Å². The number of benzene rings is 3. The lowest BCUT2D eigenvalue weighted by atomic mass is 9.87. The van der Waals surface area contributed by atoms with Crippen molar-refractivity contribution in [1.82, 2.24) is 19.7 Å². The lowest BCUT2D eigenvalue weighted by Crippen LogP contribution is -2.14. The SMILES string of the molecule is CC(C)(C)c1ccc(-c2nnc(SCC(=O)Nc3ncc(Cc4ccc(Br)cc4)s3)n2-c2ccccc2)cc1. The molecule has 39 heavy (non-hydrogen) atoms. The van der Waals surface area contributed by atoms with Crippen molar-refractivity contribution in [3.05, 3.63) is 106 Å². The first-order valence-corrected chi connectivity index (χ1v) is 15.1. The molecule has 0 fully saturated rings. The van der Waals surface area contributed by atoms with E-state index in [1.807, 2.05) is 53.2 Å². The molecule has 0 aliphatic heterocycles. The van der Waals surface area contributed by atoms with Crippen molar-refractivity contribution in [2.24, 2.45) is 0 Å². The van der Waals surface area contributed by atoms with Crippen molar-refractivity contribution in [2.45, 2.75) is 37.8 Å². The number of thiazole rings is 1. The molecule has 0 bridgehead atoms. The molecule has 0 saturated heterocycles. The van der Waals surface area contributed by atoms with Crippen molar-refractivity contribution in [2.75, 3.05) is 11.1 Å². The summed E-state index contributed by atoms with van der Waals surface area (Å²) in [6, 6.07) is 26.6. The molecule has 2 heterocycles. The van der Waals surface area contributed by atoms with Crippen LogP contribution in [0, 0.1) is 0 Å². The molecule has 2 aromatic heterocycles. The normalized spacial score (nSPS) is 11.5. The van der Waals surface area contributed by atoms with Crippen LogP contribution >= 0.6 is 39.0 Å². The van der Waals surface area contributed by atoms with E-state index in [0.29, 0.717) is 10.3 Å². The molecule has 0 atom stereocenters. The van der Waals surface area contributed by atoms with Gasteiger partial charge in [0.15, 0.2) is 16.1 Å². The lowest BCUT2D eigenvalue weighted by molar-refractivity contribution is -0.113. The Labute approximate surface area is 245 Å². The summed E-state index contributed by atoms with van der Waals surface area (Å²) in [6.45, 7) is 6.59. The van der Waals surface area contributed by atoms with E-state index < -0.39 is 0 Å². The highest BCUT2D eigenvalue weighted by molar-refractivity contribution is 9.10. The maximum absolute atomic E-state index is 12.8. The Bertz CT molecular complexity index is 1560. The molecule has 5 rings (SSSR count). The maximum atomic E-state index is 12.8. The summed E-state index contributed by atoms with van der Waals surface area (Å²) in [5, 5.41) is 13.1. The molecule has 0 unspecified atom stereocenters. The van der Waals surface area contributed by atoms with Gasteiger partial charge in [0.25, 0.3) is 0 Å². The molecule has 0 saturated carbocycles. The number of hydrogen-bond donors (Lipinski definition) is 1. The van der Waals surface area contributed by atoms with Crippen LogP contribution in [0.3, 0.4) is 0 Å². The van der Waals surface area contributed by atoms with Gasteiger partial charge >= 0.3 is 0 Å². The van der Waals surface area contributed by atoms with Gasteiger partial charge in [-0.2, -0.15) is 0 Å². The van der Waals surface area contributed by atoms with Crippen LogP contribution in [0.1, 0.15) is 36.8 Å². The van der Waals surface area contributed by atoms with Crippen LogP contribution in [-0.2, 0) is 16.6 Å². The number of carbonyl (C=O) groups excluding carboxylic acids is 1. The highest BCUT2D eigenvalue weighted by Gasteiger charge is 2.19. The van der Waals surface area contributed by atoms with E-state index in [2.05, 4.69) is 93.6 Å². The highest BCUT2D eigenvalue weighted by Crippen LogP contribution is 2.30. The first-order chi connectivity index (χ1) is 18.8. The first kappa shape index (κ1) is 27.3. The number of halogens is 1. The molecule has 198 valence electrons. The van der Waals surface area contributed by atoms with Crippen molar-refractivity contribution in [3.8, 4) is 17.1 Å². The van der Waals surface area contributed by atoms with E-state index in [1.54, 1.807) is 0 Å². The summed E-state index contributed by atoms with van der Waals surface area (Å²) >= 11 is 6.31. The van der Waals surface area contributed by atoms with E-state index in [-0.39, 0.29) is 17.1 Å². The molecule has 0 spiro atoms. The van der Waals surface area contributed by atoms with Crippen molar-refractivity contribution in [3.63, 3.8) is 0 Å². The van der Waals surface area contributed by atoms with E-state index in [4.69, 9.17) is 0 Å². The van der Waals surface area contributed by atoms with E-state index >= 15 is 0 Å². The number of amides is 1. The lowest BCUT2D eigenvalue weighted by Gasteiger charge is -2.19. The average molecular weight is 619 g/mol. The average Bonchev–Trinajstić information content (AvgIpc) is 3.55. The van der Waals surface area contributed by atoms with Gasteiger partial charge in [0.1, 0.15) is 0 Å². The minimum Gasteiger partial charge on any atom is -0.301 e. The highest BCUT2D eigenvalue weighted by atomic mass is 79.9. The Morgan fingerprint density at radius 1 is 0.974 bits per heavy atom. The number of hydrogen-bond acceptors (Lipinski definition) is 6. The Balaban J connectivity index is 1.29. The summed E-state index contributed by atoms with van der Waals surface area (Å²) in [6.07, 6.45) is 2.59. The maximum Gasteiger partial charge on any atom is 0.236 e. The third-order valence-corrected chi connectivity index (χ3v) is 8.45. The molecule has 9 heteroatoms. The quantitative estimate of drug-likeness (QED) is 0.180. The summed E-state index contributed by atoms with van der Waals surface area (Å²) in [7, 11) is 0. The smallest absolute Gasteiger partial charge is 0.236 e. The second kappa shape index (κ2) is 11.9. The number of nitrogens with one attached hydrogen (secondary N) is 1. The number of rotatable bonds is 8. The summed E-state index contributed by atoms with van der Waals surface area (Å²) in [4.78, 5) is 18.3. The molecule has 0 radical (unpaired) electrons. The van der Waals surface area contributed by atoms with Gasteiger partial charge in [0.2, 0.25) is 5.91 Å². The van der Waals surface area contributed by atoms with Crippen molar-refractivity contribution in [1.29, 1.82) is 0 Å². The summed E-state index contributed by atoms with van der Waals surface area (Å²) < 4.78 is 3.05. The van der Waals surface area contributed by atoms with Crippen LogP contribution in [-0.4, -0.2) is 31.4 Å². The Morgan fingerprint density at radius 3 is 2.38 bits per heavy atom. The molecule has 1 N–H and O–H groups in total. The zero-order valence-corrected chi connectivity index (χ0v) is 25.1. The summed E-state index contributed by atoms with van der Waals surface area (Å²) in [5.41, 5.74) is 4.43. The standard InChI is InChI=1S/C30H28BrN5OS2/c1-30(2,3)22-13-11-21(12-14-22)27-34-35-29(36(27)24-7-5-4-6-8-24)38-19-26(37)33-28-32-18-25(39-28)17-20-9-15-23(31)16-10-20/h4-16,18H,17,19H2,1-3H3,(H,32,33,37). The van der Waals surface area contributed by atoms with Gasteiger partial charge < -0.3 is 5.32 Å². The zero-order chi connectivity index (χ0) is 27.4. The van der Waals surface area contributed by atoms with Crippen LogP contribution in [0.4, 0.5) is 5.13 Å². The minimum atomic E-state index is -0.136. The van der Waals surface area contributed by atoms with Gasteiger partial charge in [-0.25, -0.2) is 4.98 Å². The van der Waals surface area contributed by atoms with Crippen LogP contribution in [0.2, 0.25) is 0 Å². The van der Waals surface area contributed by atoms with Gasteiger partial charge in [-0.3, -0.25) is 9.36 Å². The number of thioether (sulfide) groups is 1. The predicted molar refractivity (Wildman–Crippen MR) is 164 cm³/mol. The van der Waals surface area contributed by atoms with Crippen LogP contribution < -0.4 is 5.32 Å². The van der Waals surface area contributed by atoms with Crippen LogP contribution in [0.5, 0.6) is 0 Å². The Kier molecular flexibility index (Phi) is 8.30. The largest absolute Gasteiger partial charge is 0.301 e. The monoisotopic (exact) mass is 617 g/mol. The van der Waals surface area contributed by atoms with Gasteiger partial charge in [-0.15, -0.1) is 21.5 Å². The topological polar surface area (TPSA) is 72.7 Å². The second-order valence-electron chi connectivity index (χ2n) is 10.1. The molecule has 0 aliphatic carbocycles. The molecule has 1 amide bonds. The number of aromatic nitrogens is 4. The zero-order valence-electron chi connectivity index (χ0n) is 21.9. The van der Waals surface area contributed by atoms with Crippen LogP contribution in [0.25, 0.3) is 17.1 Å². The summed E-state index contributed by atoms with van der Waals surface area (Å²) in [5.74, 6) is 0.792. The minimum absolute atomic E-state index is 0.0666. The van der Waals surface area contributed by atoms with Gasteiger partial charge in [-0.1, -0.05) is 103 Å². The molecule has 0 aliphatic rings. The Morgan fingerprint density at radius 2 is 1.69 bits per heavy atom. The second-order valence-corrected chi connectivity index (χ2v) is 13.0. The van der Waals surface area contributed by atoms with Gasteiger partial charge in [0.05, 0.1) is 5.75 Å². The molecule has 3 aromatic carbocycles. The van der Waals surface area contributed by atoms with Gasteiger partial charge in [-0.05, 0) is 40.8 Å². The molecule has 6 nitrogen and oxygen atoms in total. The molecular weight excluding hydrogens is 590 g/mol. The number of anilines is 1. The van der Waals surface area contributed by atoms with E-state index in [0.717, 1.165) is 32.8 Å². The first-order valence-electron chi connectivity index (χ1n) is 12.5. The Hall–Kier alpha value is -3.27. The fraction of sp³-hybridized carbons (Fsp3) is 0.200. The van der Waals surface area contributed by atoms with Crippen LogP contribution in [0.15, 0.2) is 94.7 Å². The molecule has 5 aromatic rings. The number of carbonyl (C=O) groups is 1. The number of nitrogens with zero attached hydrogens (tertiary/aromatic N) is 4. The fourth-order valence-corrected chi connectivity index (χ4v) is 5.89. The van der Waals surface area contributed by atoms with Crippen molar-refractivity contribution < 1.29 is 4.79 Å². The fourth-order valence-electron chi connectivity index (χ4n) is 4.02. The van der Waals surface area contributed by atoms with E-state index in [1.165, 1.54) is 34.2 Å². The molecular formula is C30H28BrN5OS2. The third-order valence-electron chi connectivity index (χ3n) is 6.08. The third kappa shape index (κ3) is 6.84. The van der Waals surface area contributed by atoms with E-state index in [9.17, 15) is 4.79 Å². The predicted octanol–water partition coefficient (Wildman–Crippen LogP) is 7.77. The number of para-hydroxylation sites is 1. The van der Waals surface area contributed by atoms with Crippen molar-refractivity contribution >= 4 is 50.1 Å².